The Hall–Kier alpha value is -0.570. The first-order valence-corrected chi connectivity index (χ1v) is 7.78. The first kappa shape index (κ1) is 13.9. The van der Waals surface area contributed by atoms with Gasteiger partial charge in [-0.25, -0.2) is 0 Å². The lowest BCUT2D eigenvalue weighted by atomic mass is 9.98. The van der Waals surface area contributed by atoms with Gasteiger partial charge in [-0.2, -0.15) is 0 Å². The quantitative estimate of drug-likeness (QED) is 0.587. The minimum absolute atomic E-state index is 0.258. The van der Waals surface area contributed by atoms with Crippen LogP contribution in [-0.4, -0.2) is 19.0 Å². The van der Waals surface area contributed by atoms with Crippen LogP contribution in [0.1, 0.15) is 57.8 Å². The molecule has 0 aromatic carbocycles. The Morgan fingerprint density at radius 2 is 1.67 bits per heavy atom. The van der Waals surface area contributed by atoms with Crippen molar-refractivity contribution in [2.75, 3.05) is 13.1 Å². The van der Waals surface area contributed by atoms with Crippen molar-refractivity contribution >= 4 is 5.91 Å². The predicted octanol–water partition coefficient (Wildman–Crippen LogP) is 2.45. The van der Waals surface area contributed by atoms with Gasteiger partial charge in [-0.05, 0) is 62.8 Å². The van der Waals surface area contributed by atoms with Crippen LogP contribution in [0.4, 0.5) is 0 Å². The molecule has 0 bridgehead atoms. The van der Waals surface area contributed by atoms with Crippen molar-refractivity contribution in [3.05, 3.63) is 0 Å². The third kappa shape index (κ3) is 4.97. The van der Waals surface area contributed by atoms with Crippen LogP contribution in [0.25, 0.3) is 0 Å². The van der Waals surface area contributed by atoms with Crippen molar-refractivity contribution in [1.82, 2.24) is 5.32 Å². The van der Waals surface area contributed by atoms with Gasteiger partial charge in [0.2, 0.25) is 5.91 Å². The summed E-state index contributed by atoms with van der Waals surface area (Å²) in [6.07, 6.45) is 10.7. The fourth-order valence-electron chi connectivity index (χ4n) is 2.87. The second kappa shape index (κ2) is 7.13. The molecule has 3 nitrogen and oxygen atoms in total. The summed E-state index contributed by atoms with van der Waals surface area (Å²) in [5, 5.41) is 3.15. The summed E-state index contributed by atoms with van der Waals surface area (Å²) in [5.74, 6) is 2.92. The summed E-state index contributed by atoms with van der Waals surface area (Å²) >= 11 is 0. The Balaban J connectivity index is 1.51. The highest BCUT2D eigenvalue weighted by Gasteiger charge is 2.41. The number of nitrogens with two attached hydrogens (primary N) is 1. The van der Waals surface area contributed by atoms with E-state index in [1.165, 1.54) is 25.7 Å². The fraction of sp³-hybridized carbons (Fsp3) is 0.933. The topological polar surface area (TPSA) is 55.1 Å². The van der Waals surface area contributed by atoms with Gasteiger partial charge in [0.05, 0.1) is 0 Å². The molecule has 0 heterocycles. The number of hydrogen-bond acceptors (Lipinski definition) is 2. The highest BCUT2D eigenvalue weighted by Crippen LogP contribution is 2.48. The van der Waals surface area contributed by atoms with Crippen molar-refractivity contribution < 1.29 is 4.79 Å². The molecular weight excluding hydrogens is 224 g/mol. The number of unbranched alkanes of at least 4 members (excludes halogenated alkanes) is 3. The zero-order chi connectivity index (χ0) is 12.8. The molecule has 0 aromatic rings. The predicted molar refractivity (Wildman–Crippen MR) is 74.1 cm³/mol. The molecule has 2 fully saturated rings. The van der Waals surface area contributed by atoms with E-state index in [0.29, 0.717) is 6.42 Å². The standard InChI is InChI=1S/C15H28N2O/c16-10-4-2-1-3-5-15(18)17-11-14(12-6-7-12)13-8-9-13/h12-14H,1-11,16H2,(H,17,18). The molecule has 0 saturated heterocycles. The Morgan fingerprint density at radius 3 is 2.22 bits per heavy atom. The second-order valence-corrected chi connectivity index (χ2v) is 6.10. The molecule has 2 rings (SSSR count). The van der Waals surface area contributed by atoms with Crippen molar-refractivity contribution in [2.24, 2.45) is 23.5 Å². The highest BCUT2D eigenvalue weighted by atomic mass is 16.1. The van der Waals surface area contributed by atoms with Crippen LogP contribution in [0.5, 0.6) is 0 Å². The van der Waals surface area contributed by atoms with Crippen LogP contribution in [0.3, 0.4) is 0 Å². The minimum atomic E-state index is 0.258. The van der Waals surface area contributed by atoms with E-state index >= 15 is 0 Å². The number of nitrogens with one attached hydrogen (secondary N) is 1. The van der Waals surface area contributed by atoms with E-state index in [2.05, 4.69) is 5.32 Å². The van der Waals surface area contributed by atoms with Crippen LogP contribution < -0.4 is 11.1 Å². The molecule has 2 saturated carbocycles. The maximum absolute atomic E-state index is 11.7. The molecule has 104 valence electrons. The van der Waals surface area contributed by atoms with Gasteiger partial charge in [0.25, 0.3) is 0 Å². The molecule has 0 unspecified atom stereocenters. The van der Waals surface area contributed by atoms with Gasteiger partial charge in [0, 0.05) is 13.0 Å². The fourth-order valence-corrected chi connectivity index (χ4v) is 2.87. The third-order valence-corrected chi connectivity index (χ3v) is 4.35. The first-order chi connectivity index (χ1) is 8.81. The van der Waals surface area contributed by atoms with E-state index in [-0.39, 0.29) is 5.91 Å². The van der Waals surface area contributed by atoms with Gasteiger partial charge < -0.3 is 11.1 Å². The minimum Gasteiger partial charge on any atom is -0.356 e. The SMILES string of the molecule is NCCCCCCC(=O)NCC(C1CC1)C1CC1. The summed E-state index contributed by atoms with van der Waals surface area (Å²) in [6.45, 7) is 1.72. The van der Waals surface area contributed by atoms with E-state index in [4.69, 9.17) is 5.73 Å². The molecule has 3 N–H and O–H groups in total. The Bertz CT molecular complexity index is 247. The van der Waals surface area contributed by atoms with Crippen molar-refractivity contribution in [3.63, 3.8) is 0 Å². The van der Waals surface area contributed by atoms with Gasteiger partial charge in [-0.15, -0.1) is 0 Å². The maximum atomic E-state index is 11.7. The van der Waals surface area contributed by atoms with Gasteiger partial charge in [-0.3, -0.25) is 4.79 Å². The molecule has 0 radical (unpaired) electrons. The highest BCUT2D eigenvalue weighted by molar-refractivity contribution is 5.75. The van der Waals surface area contributed by atoms with Crippen LogP contribution in [0.15, 0.2) is 0 Å². The van der Waals surface area contributed by atoms with E-state index in [1.54, 1.807) is 0 Å². The molecule has 18 heavy (non-hydrogen) atoms. The lowest BCUT2D eigenvalue weighted by Gasteiger charge is -2.16. The molecule has 0 spiro atoms. The van der Waals surface area contributed by atoms with Crippen molar-refractivity contribution in [2.45, 2.75) is 57.8 Å². The number of carbonyl (C=O) groups is 1. The monoisotopic (exact) mass is 252 g/mol. The van der Waals surface area contributed by atoms with E-state index in [9.17, 15) is 4.79 Å². The zero-order valence-corrected chi connectivity index (χ0v) is 11.5. The van der Waals surface area contributed by atoms with Crippen LogP contribution in [0, 0.1) is 17.8 Å². The van der Waals surface area contributed by atoms with Gasteiger partial charge in [0.15, 0.2) is 0 Å². The van der Waals surface area contributed by atoms with Crippen molar-refractivity contribution in [1.29, 1.82) is 0 Å². The molecule has 2 aliphatic carbocycles. The summed E-state index contributed by atoms with van der Waals surface area (Å²) < 4.78 is 0. The van der Waals surface area contributed by atoms with E-state index in [1.807, 2.05) is 0 Å². The molecule has 2 aliphatic rings. The summed E-state index contributed by atoms with van der Waals surface area (Å²) in [5.41, 5.74) is 5.44. The smallest absolute Gasteiger partial charge is 0.220 e. The van der Waals surface area contributed by atoms with Gasteiger partial charge >= 0.3 is 0 Å². The molecule has 0 aromatic heterocycles. The Morgan fingerprint density at radius 1 is 1.06 bits per heavy atom. The number of amides is 1. The number of carbonyl (C=O) groups excluding carboxylic acids is 1. The summed E-state index contributed by atoms with van der Waals surface area (Å²) in [4.78, 5) is 11.7. The normalized spacial score (nSPS) is 19.2. The largest absolute Gasteiger partial charge is 0.356 e. The summed E-state index contributed by atoms with van der Waals surface area (Å²) in [6, 6.07) is 0. The van der Waals surface area contributed by atoms with E-state index in [0.717, 1.165) is 56.5 Å². The lowest BCUT2D eigenvalue weighted by molar-refractivity contribution is -0.121. The maximum Gasteiger partial charge on any atom is 0.220 e. The van der Waals surface area contributed by atoms with Gasteiger partial charge in [0.1, 0.15) is 0 Å². The molecule has 3 heteroatoms. The van der Waals surface area contributed by atoms with Crippen LogP contribution >= 0.6 is 0 Å². The zero-order valence-electron chi connectivity index (χ0n) is 11.5. The Labute approximate surface area is 111 Å². The third-order valence-electron chi connectivity index (χ3n) is 4.35. The first-order valence-electron chi connectivity index (χ1n) is 7.78. The van der Waals surface area contributed by atoms with Crippen LogP contribution in [-0.2, 0) is 4.79 Å². The van der Waals surface area contributed by atoms with Gasteiger partial charge in [-0.1, -0.05) is 12.8 Å². The second-order valence-electron chi connectivity index (χ2n) is 6.10. The summed E-state index contributed by atoms with van der Waals surface area (Å²) in [7, 11) is 0. The molecule has 0 aliphatic heterocycles. The molecular formula is C15H28N2O. The van der Waals surface area contributed by atoms with Crippen LogP contribution in [0.2, 0.25) is 0 Å². The van der Waals surface area contributed by atoms with E-state index < -0.39 is 0 Å². The molecule has 1 amide bonds. The Kier molecular flexibility index (Phi) is 5.48. The number of rotatable bonds is 10. The average Bonchev–Trinajstić information content (AvgIpc) is 3.22. The lowest BCUT2D eigenvalue weighted by Crippen LogP contribution is -2.30. The molecule has 0 atom stereocenters. The average molecular weight is 252 g/mol. The van der Waals surface area contributed by atoms with Crippen molar-refractivity contribution in [3.8, 4) is 0 Å². The number of hydrogen-bond donors (Lipinski definition) is 2.